The molecule has 22 heavy (non-hydrogen) atoms. The number of methoxy groups -OCH3 is 1. The molecule has 5 nitrogen and oxygen atoms in total. The first-order chi connectivity index (χ1) is 10.5. The lowest BCUT2D eigenvalue weighted by molar-refractivity contribution is -0.137. The Kier molecular flexibility index (Phi) is 5.41. The minimum atomic E-state index is -1.02. The third-order valence-electron chi connectivity index (χ3n) is 3.02. The maximum Gasteiger partial charge on any atom is 0.305 e. The highest BCUT2D eigenvalue weighted by Crippen LogP contribution is 2.28. The quantitative estimate of drug-likeness (QED) is 0.846. The number of carbonyl (C=O) groups excluding carboxylic acids is 1. The van der Waals surface area contributed by atoms with Crippen molar-refractivity contribution in [1.82, 2.24) is 5.32 Å². The van der Waals surface area contributed by atoms with Gasteiger partial charge in [-0.15, -0.1) is 11.3 Å². The molecule has 0 aliphatic heterocycles. The van der Waals surface area contributed by atoms with Crippen LogP contribution in [0.3, 0.4) is 0 Å². The van der Waals surface area contributed by atoms with E-state index in [0.717, 1.165) is 0 Å². The third kappa shape index (κ3) is 3.78. The number of benzene rings is 1. The summed E-state index contributed by atoms with van der Waals surface area (Å²) in [5.74, 6) is -0.961. The van der Waals surface area contributed by atoms with Gasteiger partial charge in [0.05, 0.1) is 19.6 Å². The standard InChI is InChI=1S/C15H14ClNO4S/c1-21-12-6-7-22-14(12)15(20)17-11(8-13(18)19)9-4-2-3-5-10(9)16/h2-7,11H,8H2,1H3,(H,17,20)(H,18,19). The van der Waals surface area contributed by atoms with Crippen LogP contribution in [0.4, 0.5) is 0 Å². The minimum absolute atomic E-state index is 0.261. The van der Waals surface area contributed by atoms with Crippen LogP contribution in [0.1, 0.15) is 27.7 Å². The first-order valence-corrected chi connectivity index (χ1v) is 7.67. The van der Waals surface area contributed by atoms with Gasteiger partial charge in [-0.05, 0) is 23.1 Å². The Morgan fingerprint density at radius 3 is 2.73 bits per heavy atom. The Balaban J connectivity index is 2.26. The SMILES string of the molecule is COc1ccsc1C(=O)NC(CC(=O)O)c1ccccc1Cl. The van der Waals surface area contributed by atoms with Gasteiger partial charge in [-0.1, -0.05) is 29.8 Å². The number of hydrogen-bond acceptors (Lipinski definition) is 4. The van der Waals surface area contributed by atoms with Crippen LogP contribution in [-0.4, -0.2) is 24.1 Å². The summed E-state index contributed by atoms with van der Waals surface area (Å²) in [5, 5.41) is 13.9. The van der Waals surface area contributed by atoms with Crippen molar-refractivity contribution < 1.29 is 19.4 Å². The van der Waals surface area contributed by atoms with Crippen molar-refractivity contribution >= 4 is 34.8 Å². The maximum atomic E-state index is 12.3. The zero-order chi connectivity index (χ0) is 16.1. The van der Waals surface area contributed by atoms with Crippen LogP contribution in [0.2, 0.25) is 5.02 Å². The van der Waals surface area contributed by atoms with Gasteiger partial charge in [0.25, 0.3) is 5.91 Å². The van der Waals surface area contributed by atoms with Crippen molar-refractivity contribution in [2.45, 2.75) is 12.5 Å². The second-order valence-electron chi connectivity index (χ2n) is 4.46. The van der Waals surface area contributed by atoms with Gasteiger partial charge in [-0.25, -0.2) is 0 Å². The molecule has 0 saturated heterocycles. The van der Waals surface area contributed by atoms with Crippen LogP contribution in [-0.2, 0) is 4.79 Å². The Hall–Kier alpha value is -2.05. The molecule has 2 rings (SSSR count). The van der Waals surface area contributed by atoms with Gasteiger partial charge in [0.1, 0.15) is 10.6 Å². The fraction of sp³-hybridized carbons (Fsp3) is 0.200. The Morgan fingerprint density at radius 1 is 1.36 bits per heavy atom. The lowest BCUT2D eigenvalue weighted by Crippen LogP contribution is -2.30. The van der Waals surface area contributed by atoms with E-state index >= 15 is 0 Å². The fourth-order valence-corrected chi connectivity index (χ4v) is 3.05. The zero-order valence-corrected chi connectivity index (χ0v) is 13.3. The van der Waals surface area contributed by atoms with Gasteiger partial charge in [-0.3, -0.25) is 9.59 Å². The Bertz CT molecular complexity index is 686. The molecule has 1 heterocycles. The average Bonchev–Trinajstić information content (AvgIpc) is 2.95. The van der Waals surface area contributed by atoms with E-state index in [4.69, 9.17) is 21.4 Å². The summed E-state index contributed by atoms with van der Waals surface area (Å²) in [6, 6.07) is 7.81. The molecule has 1 amide bonds. The number of thiophene rings is 1. The zero-order valence-electron chi connectivity index (χ0n) is 11.7. The molecule has 0 fully saturated rings. The summed E-state index contributed by atoms with van der Waals surface area (Å²) < 4.78 is 5.11. The molecule has 1 unspecified atom stereocenters. The molecule has 0 saturated carbocycles. The molecule has 0 bridgehead atoms. The minimum Gasteiger partial charge on any atom is -0.495 e. The number of ether oxygens (including phenoxy) is 1. The highest BCUT2D eigenvalue weighted by atomic mass is 35.5. The summed E-state index contributed by atoms with van der Waals surface area (Å²) in [6.45, 7) is 0. The maximum absolute atomic E-state index is 12.3. The van der Waals surface area contributed by atoms with Crippen molar-refractivity contribution in [1.29, 1.82) is 0 Å². The first kappa shape index (κ1) is 16.3. The van der Waals surface area contributed by atoms with Crippen LogP contribution in [0, 0.1) is 0 Å². The largest absolute Gasteiger partial charge is 0.495 e. The number of rotatable bonds is 6. The van der Waals surface area contributed by atoms with E-state index < -0.39 is 17.9 Å². The molecule has 1 atom stereocenters. The number of nitrogens with one attached hydrogen (secondary N) is 1. The van der Waals surface area contributed by atoms with E-state index in [9.17, 15) is 9.59 Å². The normalized spacial score (nSPS) is 11.7. The Labute approximate surface area is 136 Å². The summed E-state index contributed by atoms with van der Waals surface area (Å²) in [4.78, 5) is 23.8. The summed E-state index contributed by atoms with van der Waals surface area (Å²) in [7, 11) is 1.47. The van der Waals surface area contributed by atoms with Crippen molar-refractivity contribution in [3.8, 4) is 5.75 Å². The van der Waals surface area contributed by atoms with Crippen LogP contribution in [0.5, 0.6) is 5.75 Å². The van der Waals surface area contributed by atoms with E-state index in [2.05, 4.69) is 5.32 Å². The van der Waals surface area contributed by atoms with Crippen LogP contribution >= 0.6 is 22.9 Å². The van der Waals surface area contributed by atoms with Gasteiger partial charge in [-0.2, -0.15) is 0 Å². The van der Waals surface area contributed by atoms with Gasteiger partial charge >= 0.3 is 5.97 Å². The van der Waals surface area contributed by atoms with Crippen molar-refractivity contribution in [3.63, 3.8) is 0 Å². The molecule has 7 heteroatoms. The van der Waals surface area contributed by atoms with E-state index in [1.54, 1.807) is 35.7 Å². The number of carboxylic acid groups (broad SMARTS) is 1. The molecular formula is C15H14ClNO4S. The molecule has 2 N–H and O–H groups in total. The van der Waals surface area contributed by atoms with Crippen LogP contribution < -0.4 is 10.1 Å². The Morgan fingerprint density at radius 2 is 2.09 bits per heavy atom. The number of amides is 1. The summed E-state index contributed by atoms with van der Waals surface area (Å²) in [6.07, 6.45) is -0.261. The first-order valence-electron chi connectivity index (χ1n) is 6.41. The second kappa shape index (κ2) is 7.29. The fourth-order valence-electron chi connectivity index (χ4n) is 2.02. The number of hydrogen-bond donors (Lipinski definition) is 2. The number of carboxylic acids is 1. The molecule has 1 aromatic carbocycles. The predicted molar refractivity (Wildman–Crippen MR) is 84.8 cm³/mol. The number of carbonyl (C=O) groups is 2. The molecule has 0 aliphatic rings. The predicted octanol–water partition coefficient (Wildman–Crippen LogP) is 3.36. The van der Waals surface area contributed by atoms with Crippen LogP contribution in [0.25, 0.3) is 0 Å². The number of aliphatic carboxylic acids is 1. The second-order valence-corrected chi connectivity index (χ2v) is 5.79. The highest BCUT2D eigenvalue weighted by Gasteiger charge is 2.23. The van der Waals surface area contributed by atoms with Gasteiger partial charge < -0.3 is 15.2 Å². The van der Waals surface area contributed by atoms with Gasteiger partial charge in [0.2, 0.25) is 0 Å². The topological polar surface area (TPSA) is 75.6 Å². The van der Waals surface area contributed by atoms with Gasteiger partial charge in [0.15, 0.2) is 0 Å². The third-order valence-corrected chi connectivity index (χ3v) is 4.26. The molecule has 0 radical (unpaired) electrons. The molecule has 1 aromatic heterocycles. The monoisotopic (exact) mass is 339 g/mol. The molecule has 2 aromatic rings. The molecule has 116 valence electrons. The summed E-state index contributed by atoms with van der Waals surface area (Å²) in [5.41, 5.74) is 0.565. The van der Waals surface area contributed by atoms with E-state index in [1.165, 1.54) is 18.4 Å². The van der Waals surface area contributed by atoms with E-state index in [1.807, 2.05) is 0 Å². The van der Waals surface area contributed by atoms with E-state index in [-0.39, 0.29) is 6.42 Å². The number of halogens is 1. The van der Waals surface area contributed by atoms with Crippen molar-refractivity contribution in [3.05, 3.63) is 51.2 Å². The average molecular weight is 340 g/mol. The molecular weight excluding hydrogens is 326 g/mol. The lowest BCUT2D eigenvalue weighted by Gasteiger charge is -2.18. The lowest BCUT2D eigenvalue weighted by atomic mass is 10.0. The van der Waals surface area contributed by atoms with Gasteiger partial charge in [0, 0.05) is 5.02 Å². The van der Waals surface area contributed by atoms with Crippen molar-refractivity contribution in [2.24, 2.45) is 0 Å². The van der Waals surface area contributed by atoms with Crippen molar-refractivity contribution in [2.75, 3.05) is 7.11 Å². The molecule has 0 spiro atoms. The smallest absolute Gasteiger partial charge is 0.305 e. The molecule has 0 aliphatic carbocycles. The van der Waals surface area contributed by atoms with Crippen LogP contribution in [0.15, 0.2) is 35.7 Å². The highest BCUT2D eigenvalue weighted by molar-refractivity contribution is 7.12. The summed E-state index contributed by atoms with van der Waals surface area (Å²) >= 11 is 7.33. The van der Waals surface area contributed by atoms with E-state index in [0.29, 0.717) is 21.2 Å².